The molecule has 3 aromatic rings. The molecule has 118 valence electrons. The molecule has 0 atom stereocenters. The summed E-state index contributed by atoms with van der Waals surface area (Å²) in [5, 5.41) is 5.58. The van der Waals surface area contributed by atoms with Crippen molar-refractivity contribution in [3.05, 3.63) is 63.7 Å². The van der Waals surface area contributed by atoms with E-state index in [0.29, 0.717) is 34.2 Å². The Kier molecular flexibility index (Phi) is 4.50. The Hall–Kier alpha value is -2.11. The second-order valence-corrected chi connectivity index (χ2v) is 5.86. The first-order chi connectivity index (χ1) is 11.0. The number of aromatic nitrogens is 4. The SMILES string of the molecule is Cc1cc(Oc2ccn(Cc3c(Cl)cccc3Cl)n2)nc(C)n1. The highest BCUT2D eigenvalue weighted by atomic mass is 35.5. The second kappa shape index (κ2) is 6.56. The Bertz CT molecular complexity index is 807. The monoisotopic (exact) mass is 348 g/mol. The highest BCUT2D eigenvalue weighted by molar-refractivity contribution is 6.35. The first-order valence-electron chi connectivity index (χ1n) is 6.98. The average molecular weight is 349 g/mol. The summed E-state index contributed by atoms with van der Waals surface area (Å²) in [4.78, 5) is 8.44. The van der Waals surface area contributed by atoms with Crippen LogP contribution in [0.25, 0.3) is 0 Å². The predicted molar refractivity (Wildman–Crippen MR) is 89.4 cm³/mol. The summed E-state index contributed by atoms with van der Waals surface area (Å²) in [6, 6.07) is 8.94. The molecule has 0 fully saturated rings. The largest absolute Gasteiger partial charge is 0.419 e. The van der Waals surface area contributed by atoms with Crippen LogP contribution in [0.3, 0.4) is 0 Å². The fourth-order valence-electron chi connectivity index (χ4n) is 2.17. The van der Waals surface area contributed by atoms with Crippen molar-refractivity contribution < 1.29 is 4.74 Å². The maximum atomic E-state index is 6.18. The minimum atomic E-state index is 0.450. The summed E-state index contributed by atoms with van der Waals surface area (Å²) >= 11 is 12.4. The summed E-state index contributed by atoms with van der Waals surface area (Å²) in [6.07, 6.45) is 1.80. The van der Waals surface area contributed by atoms with Gasteiger partial charge in [-0.25, -0.2) is 4.98 Å². The zero-order chi connectivity index (χ0) is 16.4. The van der Waals surface area contributed by atoms with Gasteiger partial charge in [0.05, 0.1) is 6.54 Å². The molecule has 0 radical (unpaired) electrons. The van der Waals surface area contributed by atoms with Crippen LogP contribution in [0.2, 0.25) is 10.0 Å². The van der Waals surface area contributed by atoms with Gasteiger partial charge in [-0.1, -0.05) is 29.3 Å². The molecule has 23 heavy (non-hydrogen) atoms. The highest BCUT2D eigenvalue weighted by Crippen LogP contribution is 2.25. The Morgan fingerprint density at radius 1 is 1.04 bits per heavy atom. The standard InChI is InChI=1S/C16H14Cl2N4O/c1-10-8-16(20-11(2)19-10)23-15-6-7-22(21-15)9-12-13(17)4-3-5-14(12)18/h3-8H,9H2,1-2H3. The number of rotatable bonds is 4. The van der Waals surface area contributed by atoms with Crippen LogP contribution >= 0.6 is 23.2 Å². The van der Waals surface area contributed by atoms with Crippen molar-refractivity contribution in [3.8, 4) is 11.8 Å². The molecule has 7 heteroatoms. The van der Waals surface area contributed by atoms with Crippen molar-refractivity contribution in [1.29, 1.82) is 0 Å². The summed E-state index contributed by atoms with van der Waals surface area (Å²) in [7, 11) is 0. The smallest absolute Gasteiger partial charge is 0.240 e. The number of nitrogens with zero attached hydrogens (tertiary/aromatic N) is 4. The molecule has 0 aliphatic rings. The van der Waals surface area contributed by atoms with E-state index in [-0.39, 0.29) is 0 Å². The van der Waals surface area contributed by atoms with Crippen LogP contribution in [0, 0.1) is 13.8 Å². The molecule has 0 spiro atoms. The normalized spacial score (nSPS) is 10.8. The Labute approximate surface area is 143 Å². The van der Waals surface area contributed by atoms with E-state index in [9.17, 15) is 0 Å². The molecule has 3 rings (SSSR count). The molecule has 0 amide bonds. The Morgan fingerprint density at radius 3 is 2.48 bits per heavy atom. The third kappa shape index (κ3) is 3.81. The maximum absolute atomic E-state index is 6.18. The third-order valence-corrected chi connectivity index (χ3v) is 3.86. The van der Waals surface area contributed by atoms with Gasteiger partial charge in [-0.2, -0.15) is 4.98 Å². The van der Waals surface area contributed by atoms with Gasteiger partial charge in [0.1, 0.15) is 5.82 Å². The lowest BCUT2D eigenvalue weighted by molar-refractivity contribution is 0.431. The van der Waals surface area contributed by atoms with Crippen LogP contribution in [0.15, 0.2) is 36.5 Å². The molecule has 5 nitrogen and oxygen atoms in total. The van der Waals surface area contributed by atoms with Crippen molar-refractivity contribution in [3.63, 3.8) is 0 Å². The lowest BCUT2D eigenvalue weighted by Crippen LogP contribution is -2.02. The summed E-state index contributed by atoms with van der Waals surface area (Å²) < 4.78 is 7.38. The molecule has 0 unspecified atom stereocenters. The fraction of sp³-hybridized carbons (Fsp3) is 0.188. The van der Waals surface area contributed by atoms with E-state index < -0.39 is 0 Å². The van der Waals surface area contributed by atoms with E-state index in [1.54, 1.807) is 35.1 Å². The number of hydrogen-bond donors (Lipinski definition) is 0. The van der Waals surface area contributed by atoms with Crippen LogP contribution in [-0.2, 0) is 6.54 Å². The van der Waals surface area contributed by atoms with Crippen molar-refractivity contribution in [2.75, 3.05) is 0 Å². The molecule has 0 saturated carbocycles. The summed E-state index contributed by atoms with van der Waals surface area (Å²) in [6.45, 7) is 4.17. The van der Waals surface area contributed by atoms with Gasteiger partial charge in [0.25, 0.3) is 0 Å². The molecule has 1 aromatic carbocycles. The number of ether oxygens (including phenoxy) is 1. The van der Waals surface area contributed by atoms with Crippen LogP contribution in [0.1, 0.15) is 17.1 Å². The lowest BCUT2D eigenvalue weighted by atomic mass is 10.2. The second-order valence-electron chi connectivity index (χ2n) is 5.05. The van der Waals surface area contributed by atoms with E-state index >= 15 is 0 Å². The third-order valence-electron chi connectivity index (χ3n) is 3.15. The number of halogens is 2. The molecule has 0 saturated heterocycles. The highest BCUT2D eigenvalue weighted by Gasteiger charge is 2.09. The molecule has 2 heterocycles. The van der Waals surface area contributed by atoms with E-state index in [1.165, 1.54) is 0 Å². The van der Waals surface area contributed by atoms with Gasteiger partial charge in [-0.3, -0.25) is 4.68 Å². The predicted octanol–water partition coefficient (Wildman–Crippen LogP) is 4.44. The molecule has 2 aromatic heterocycles. The molecule has 0 bridgehead atoms. The molecule has 0 aliphatic heterocycles. The molecule has 0 aliphatic carbocycles. The summed E-state index contributed by atoms with van der Waals surface area (Å²) in [5.74, 6) is 1.57. The number of aryl methyl sites for hydroxylation is 2. The molecule has 0 N–H and O–H groups in total. The van der Waals surface area contributed by atoms with Crippen molar-refractivity contribution >= 4 is 23.2 Å². The number of benzene rings is 1. The van der Waals surface area contributed by atoms with Crippen molar-refractivity contribution in [1.82, 2.24) is 19.7 Å². The van der Waals surface area contributed by atoms with Gasteiger partial charge in [0.15, 0.2) is 0 Å². The lowest BCUT2D eigenvalue weighted by Gasteiger charge is -2.07. The van der Waals surface area contributed by atoms with Crippen LogP contribution in [-0.4, -0.2) is 19.7 Å². The van der Waals surface area contributed by atoms with Gasteiger partial charge < -0.3 is 4.74 Å². The van der Waals surface area contributed by atoms with E-state index in [1.807, 2.05) is 19.9 Å². The quantitative estimate of drug-likeness (QED) is 0.699. The van der Waals surface area contributed by atoms with E-state index in [0.717, 1.165) is 11.3 Å². The van der Waals surface area contributed by atoms with Gasteiger partial charge in [-0.15, -0.1) is 5.10 Å². The average Bonchev–Trinajstić information content (AvgIpc) is 2.89. The van der Waals surface area contributed by atoms with Crippen LogP contribution in [0.5, 0.6) is 11.8 Å². The fourth-order valence-corrected chi connectivity index (χ4v) is 2.69. The van der Waals surface area contributed by atoms with Crippen LogP contribution < -0.4 is 4.74 Å². The van der Waals surface area contributed by atoms with E-state index in [2.05, 4.69) is 15.1 Å². The van der Waals surface area contributed by atoms with Gasteiger partial charge in [0, 0.05) is 39.6 Å². The topological polar surface area (TPSA) is 52.8 Å². The number of hydrogen-bond acceptors (Lipinski definition) is 4. The minimum Gasteiger partial charge on any atom is -0.419 e. The van der Waals surface area contributed by atoms with Gasteiger partial charge in [0.2, 0.25) is 11.8 Å². The van der Waals surface area contributed by atoms with Gasteiger partial charge in [-0.05, 0) is 26.0 Å². The first kappa shape index (κ1) is 15.8. The van der Waals surface area contributed by atoms with E-state index in [4.69, 9.17) is 27.9 Å². The Balaban J connectivity index is 1.78. The Morgan fingerprint density at radius 2 is 1.78 bits per heavy atom. The maximum Gasteiger partial charge on any atom is 0.240 e. The minimum absolute atomic E-state index is 0.450. The molecular formula is C16H14Cl2N4O. The van der Waals surface area contributed by atoms with Crippen molar-refractivity contribution in [2.24, 2.45) is 0 Å². The van der Waals surface area contributed by atoms with Crippen molar-refractivity contribution in [2.45, 2.75) is 20.4 Å². The van der Waals surface area contributed by atoms with Crippen LogP contribution in [0.4, 0.5) is 0 Å². The molecular weight excluding hydrogens is 335 g/mol. The zero-order valence-corrected chi connectivity index (χ0v) is 14.1. The zero-order valence-electron chi connectivity index (χ0n) is 12.6. The van der Waals surface area contributed by atoms with Gasteiger partial charge >= 0.3 is 0 Å². The first-order valence-corrected chi connectivity index (χ1v) is 7.73. The summed E-state index contributed by atoms with van der Waals surface area (Å²) in [5.41, 5.74) is 1.66.